The Labute approximate surface area is 203 Å². The van der Waals surface area contributed by atoms with Crippen molar-refractivity contribution < 1.29 is 14.3 Å². The summed E-state index contributed by atoms with van der Waals surface area (Å²) in [6, 6.07) is 7.16. The third kappa shape index (κ3) is 6.73. The first-order chi connectivity index (χ1) is 16.9. The van der Waals surface area contributed by atoms with Gasteiger partial charge in [-0.15, -0.1) is 0 Å². The molecule has 0 spiro atoms. The lowest BCUT2D eigenvalue weighted by Gasteiger charge is -2.30. The Morgan fingerprint density at radius 3 is 2.89 bits per heavy atom. The zero-order valence-corrected chi connectivity index (χ0v) is 19.4. The van der Waals surface area contributed by atoms with Gasteiger partial charge in [0, 0.05) is 37.6 Å². The molecule has 35 heavy (non-hydrogen) atoms. The number of hydrogen-bond donors (Lipinski definition) is 4. The number of carbonyl (C=O) groups excluding carboxylic acids is 2. The summed E-state index contributed by atoms with van der Waals surface area (Å²) < 4.78 is 5.33. The molecule has 1 unspecified atom stereocenters. The number of carbonyl (C=O) groups is 2. The predicted octanol–water partition coefficient (Wildman–Crippen LogP) is 2.73. The number of amides is 2. The molecular weight excluding hydrogens is 448 g/mol. The fourth-order valence-electron chi connectivity index (χ4n) is 3.53. The Hall–Kier alpha value is -4.54. The van der Waals surface area contributed by atoms with E-state index in [-0.39, 0.29) is 29.2 Å². The van der Waals surface area contributed by atoms with Crippen LogP contribution in [0.15, 0.2) is 60.0 Å². The Morgan fingerprint density at radius 2 is 2.17 bits per heavy atom. The summed E-state index contributed by atoms with van der Waals surface area (Å²) in [5.74, 6) is 0.201. The standard InChI is InChI=1S/C24H28N8O3/c1-3-21(33)32-10-6-7-16(15-32)12-27-13-17(11-25)29-24-28-14-18(22(26)34)23(31-24)30-19-8-4-5-9-20(19)35-2/h3-5,8-9,11-14,16,25H,1,6-7,10,15H2,2H3,(H2,26,34)(H2,28,29,30,31)/b17-13+,25-11?,27-12?. The van der Waals surface area contributed by atoms with Crippen LogP contribution in [0.3, 0.4) is 0 Å². The number of nitrogens with one attached hydrogen (secondary N) is 3. The van der Waals surface area contributed by atoms with Crippen molar-refractivity contribution in [2.75, 3.05) is 30.8 Å². The molecule has 1 aromatic carbocycles. The van der Waals surface area contributed by atoms with Crippen molar-refractivity contribution in [1.82, 2.24) is 14.9 Å². The van der Waals surface area contributed by atoms with E-state index in [4.69, 9.17) is 15.9 Å². The van der Waals surface area contributed by atoms with Crippen molar-refractivity contribution in [1.29, 1.82) is 5.41 Å². The topological polar surface area (TPSA) is 159 Å². The van der Waals surface area contributed by atoms with Crippen LogP contribution in [0.1, 0.15) is 23.2 Å². The number of benzene rings is 1. The average molecular weight is 477 g/mol. The number of ether oxygens (including phenoxy) is 1. The van der Waals surface area contributed by atoms with Crippen LogP contribution < -0.4 is 21.1 Å². The van der Waals surface area contributed by atoms with Crippen molar-refractivity contribution in [2.45, 2.75) is 12.8 Å². The minimum atomic E-state index is -0.696. The molecule has 1 aliphatic rings. The van der Waals surface area contributed by atoms with Crippen LogP contribution in [0.2, 0.25) is 0 Å². The highest BCUT2D eigenvalue weighted by molar-refractivity contribution is 5.98. The van der Waals surface area contributed by atoms with Crippen molar-refractivity contribution in [3.05, 3.63) is 60.6 Å². The third-order valence-corrected chi connectivity index (χ3v) is 5.28. The number of nitrogens with two attached hydrogens (primary N) is 1. The van der Waals surface area contributed by atoms with Gasteiger partial charge in [0.1, 0.15) is 17.1 Å². The Kier molecular flexibility index (Phi) is 8.65. The number of para-hydroxylation sites is 2. The van der Waals surface area contributed by atoms with Gasteiger partial charge in [-0.25, -0.2) is 4.98 Å². The van der Waals surface area contributed by atoms with Gasteiger partial charge in [-0.05, 0) is 31.1 Å². The van der Waals surface area contributed by atoms with Gasteiger partial charge < -0.3 is 31.4 Å². The number of methoxy groups -OCH3 is 1. The van der Waals surface area contributed by atoms with E-state index in [9.17, 15) is 9.59 Å². The fourth-order valence-corrected chi connectivity index (χ4v) is 3.53. The number of rotatable bonds is 10. The van der Waals surface area contributed by atoms with E-state index in [2.05, 4.69) is 32.2 Å². The van der Waals surface area contributed by atoms with Crippen LogP contribution in [0.4, 0.5) is 17.5 Å². The largest absolute Gasteiger partial charge is 0.495 e. The van der Waals surface area contributed by atoms with Crippen LogP contribution in [-0.4, -0.2) is 59.3 Å². The monoisotopic (exact) mass is 476 g/mol. The van der Waals surface area contributed by atoms with E-state index < -0.39 is 5.91 Å². The fraction of sp³-hybridized carbons (Fsp3) is 0.250. The molecule has 0 bridgehead atoms. The lowest BCUT2D eigenvalue weighted by Crippen LogP contribution is -2.39. The van der Waals surface area contributed by atoms with Gasteiger partial charge in [0.25, 0.3) is 5.91 Å². The molecule has 11 nitrogen and oxygen atoms in total. The second-order valence-corrected chi connectivity index (χ2v) is 7.69. The quantitative estimate of drug-likeness (QED) is 0.303. The molecule has 2 amide bonds. The van der Waals surface area contributed by atoms with Crippen LogP contribution >= 0.6 is 0 Å². The number of anilines is 3. The lowest BCUT2D eigenvalue weighted by atomic mass is 9.99. The summed E-state index contributed by atoms with van der Waals surface area (Å²) in [7, 11) is 1.53. The summed E-state index contributed by atoms with van der Waals surface area (Å²) in [5, 5.41) is 13.6. The van der Waals surface area contributed by atoms with Gasteiger partial charge in [0.2, 0.25) is 11.9 Å². The van der Waals surface area contributed by atoms with Gasteiger partial charge in [0.15, 0.2) is 0 Å². The van der Waals surface area contributed by atoms with Gasteiger partial charge in [0.05, 0.1) is 24.7 Å². The molecule has 1 fully saturated rings. The number of likely N-dealkylation sites (tertiary alicyclic amines) is 1. The highest BCUT2D eigenvalue weighted by atomic mass is 16.5. The summed E-state index contributed by atoms with van der Waals surface area (Å²) in [6.07, 6.45) is 8.73. The Bertz CT molecular complexity index is 1160. The number of hydrogen-bond acceptors (Lipinski definition) is 9. The zero-order chi connectivity index (χ0) is 25.2. The molecule has 1 aliphatic heterocycles. The molecular formula is C24H28N8O3. The van der Waals surface area contributed by atoms with Crippen LogP contribution in [0.25, 0.3) is 0 Å². The second-order valence-electron chi connectivity index (χ2n) is 7.69. The summed E-state index contributed by atoms with van der Waals surface area (Å²) in [6.45, 7) is 4.82. The molecule has 5 N–H and O–H groups in total. The van der Waals surface area contributed by atoms with E-state index in [1.165, 1.54) is 25.6 Å². The van der Waals surface area contributed by atoms with E-state index in [1.807, 2.05) is 12.1 Å². The van der Waals surface area contributed by atoms with Gasteiger partial charge in [-0.1, -0.05) is 18.7 Å². The maximum Gasteiger partial charge on any atom is 0.254 e. The van der Waals surface area contributed by atoms with Crippen molar-refractivity contribution in [3.63, 3.8) is 0 Å². The number of nitrogens with zero attached hydrogens (tertiary/aromatic N) is 4. The molecule has 2 aromatic rings. The zero-order valence-electron chi connectivity index (χ0n) is 19.4. The van der Waals surface area contributed by atoms with Crippen LogP contribution in [-0.2, 0) is 4.79 Å². The molecule has 1 aromatic heterocycles. The Morgan fingerprint density at radius 1 is 1.37 bits per heavy atom. The first-order valence-corrected chi connectivity index (χ1v) is 10.9. The van der Waals surface area contributed by atoms with E-state index in [0.717, 1.165) is 19.1 Å². The normalized spacial score (nSPS) is 16.0. The number of aromatic nitrogens is 2. The average Bonchev–Trinajstić information content (AvgIpc) is 2.88. The maximum absolute atomic E-state index is 11.9. The highest BCUT2D eigenvalue weighted by Gasteiger charge is 2.20. The third-order valence-electron chi connectivity index (χ3n) is 5.28. The number of piperidine rings is 1. The molecule has 0 aliphatic carbocycles. The minimum Gasteiger partial charge on any atom is -0.495 e. The van der Waals surface area contributed by atoms with Gasteiger partial charge >= 0.3 is 0 Å². The van der Waals surface area contributed by atoms with E-state index in [0.29, 0.717) is 30.2 Å². The minimum absolute atomic E-state index is 0.0883. The van der Waals surface area contributed by atoms with Gasteiger partial charge in [-0.2, -0.15) is 4.98 Å². The predicted molar refractivity (Wildman–Crippen MR) is 135 cm³/mol. The molecule has 0 saturated carbocycles. The molecule has 1 atom stereocenters. The maximum atomic E-state index is 11.9. The highest BCUT2D eigenvalue weighted by Crippen LogP contribution is 2.28. The summed E-state index contributed by atoms with van der Waals surface area (Å²) in [5.41, 5.74) is 6.49. The molecule has 1 saturated heterocycles. The van der Waals surface area contributed by atoms with Crippen molar-refractivity contribution in [3.8, 4) is 5.75 Å². The molecule has 3 rings (SSSR count). The molecule has 182 valence electrons. The molecule has 11 heteroatoms. The van der Waals surface area contributed by atoms with Crippen LogP contribution in [0.5, 0.6) is 5.75 Å². The number of aliphatic imine (C=N–C) groups is 1. The Balaban J connectivity index is 1.75. The molecule has 2 heterocycles. The van der Waals surface area contributed by atoms with E-state index >= 15 is 0 Å². The summed E-state index contributed by atoms with van der Waals surface area (Å²) in [4.78, 5) is 38.3. The first kappa shape index (κ1) is 25.1. The van der Waals surface area contributed by atoms with E-state index in [1.54, 1.807) is 23.2 Å². The summed E-state index contributed by atoms with van der Waals surface area (Å²) >= 11 is 0. The molecule has 0 radical (unpaired) electrons. The number of allylic oxidation sites excluding steroid dienone is 1. The smallest absolute Gasteiger partial charge is 0.254 e. The second kappa shape index (κ2) is 12.1. The number of primary amides is 1. The first-order valence-electron chi connectivity index (χ1n) is 10.9. The SMILES string of the molecule is C=CC(=O)N1CCCC(C=N/C=C(\C=N)Nc2ncc(C(N)=O)c(Nc3ccccc3OC)n2)C1. The van der Waals surface area contributed by atoms with Gasteiger partial charge in [-0.3, -0.25) is 14.6 Å². The lowest BCUT2D eigenvalue weighted by molar-refractivity contribution is -0.127. The van der Waals surface area contributed by atoms with Crippen LogP contribution in [0, 0.1) is 11.3 Å². The van der Waals surface area contributed by atoms with Crippen molar-refractivity contribution >= 4 is 41.7 Å². The van der Waals surface area contributed by atoms with Crippen molar-refractivity contribution in [2.24, 2.45) is 16.6 Å².